The fraction of sp³-hybridized carbons (Fsp3) is 0.440. The summed E-state index contributed by atoms with van der Waals surface area (Å²) >= 11 is 6.03. The van der Waals surface area contributed by atoms with Crippen molar-refractivity contribution in [1.29, 1.82) is 0 Å². The van der Waals surface area contributed by atoms with Crippen LogP contribution in [0.2, 0.25) is 5.02 Å². The van der Waals surface area contributed by atoms with E-state index in [9.17, 15) is 14.7 Å². The van der Waals surface area contributed by atoms with Crippen LogP contribution in [0, 0.1) is 0 Å². The van der Waals surface area contributed by atoms with E-state index in [1.54, 1.807) is 49.5 Å². The Morgan fingerprint density at radius 2 is 1.88 bits per heavy atom. The molecule has 1 aliphatic rings. The molecule has 1 heterocycles. The zero-order chi connectivity index (χ0) is 24.5. The van der Waals surface area contributed by atoms with Crippen molar-refractivity contribution in [1.82, 2.24) is 9.80 Å². The van der Waals surface area contributed by atoms with E-state index in [0.717, 1.165) is 12.0 Å². The van der Waals surface area contributed by atoms with Crippen molar-refractivity contribution in [3.63, 3.8) is 0 Å². The standard InChI is InChI=1S/C25H31ClN2O6/c1-32-13-4-14-34-23-15-19(8-11-22(23)33-2)24(29)28(16-18-6-9-20(26)10-7-18)21-5-3-12-27(17-21)25(30)31/h6-11,15,21H,3-5,12-14,16-17H2,1-2H3,(H,30,31)/t21-/m1/s1. The van der Waals surface area contributed by atoms with Crippen molar-refractivity contribution in [3.05, 3.63) is 58.6 Å². The SMILES string of the molecule is COCCCOc1cc(C(=O)N(Cc2ccc(Cl)cc2)[C@@H]2CCCN(C(=O)O)C2)ccc1OC. The monoisotopic (exact) mass is 490 g/mol. The van der Waals surface area contributed by atoms with Crippen LogP contribution in [0.15, 0.2) is 42.5 Å². The van der Waals surface area contributed by atoms with Gasteiger partial charge in [0.25, 0.3) is 5.91 Å². The number of benzene rings is 2. The van der Waals surface area contributed by atoms with Gasteiger partial charge in [0.15, 0.2) is 11.5 Å². The quantitative estimate of drug-likeness (QED) is 0.491. The second-order valence-electron chi connectivity index (χ2n) is 8.14. The van der Waals surface area contributed by atoms with Crippen molar-refractivity contribution in [3.8, 4) is 11.5 Å². The zero-order valence-electron chi connectivity index (χ0n) is 19.5. The molecule has 2 aromatic rings. The van der Waals surface area contributed by atoms with Gasteiger partial charge >= 0.3 is 6.09 Å². The largest absolute Gasteiger partial charge is 0.493 e. The highest BCUT2D eigenvalue weighted by Crippen LogP contribution is 2.30. The van der Waals surface area contributed by atoms with Gasteiger partial charge in [0, 0.05) is 50.4 Å². The number of hydrogen-bond donors (Lipinski definition) is 1. The number of carboxylic acid groups (broad SMARTS) is 1. The molecule has 1 atom stereocenters. The summed E-state index contributed by atoms with van der Waals surface area (Å²) in [7, 11) is 3.18. The molecular formula is C25H31ClN2O6. The molecular weight excluding hydrogens is 460 g/mol. The van der Waals surface area contributed by atoms with Gasteiger partial charge in [0.05, 0.1) is 19.8 Å². The molecule has 0 radical (unpaired) electrons. The Morgan fingerprint density at radius 1 is 1.12 bits per heavy atom. The van der Waals surface area contributed by atoms with Crippen molar-refractivity contribution in [2.75, 3.05) is 40.5 Å². The predicted molar refractivity (Wildman–Crippen MR) is 129 cm³/mol. The molecule has 9 heteroatoms. The number of halogens is 1. The second kappa shape index (κ2) is 12.5. The van der Waals surface area contributed by atoms with Crippen LogP contribution in [-0.4, -0.2) is 73.5 Å². The first kappa shape index (κ1) is 25.6. The Hall–Kier alpha value is -2.97. The molecule has 2 amide bonds. The van der Waals surface area contributed by atoms with E-state index in [-0.39, 0.29) is 18.5 Å². The highest BCUT2D eigenvalue weighted by molar-refractivity contribution is 6.30. The Bertz CT molecular complexity index is 968. The molecule has 0 spiro atoms. The van der Waals surface area contributed by atoms with Crippen LogP contribution in [0.3, 0.4) is 0 Å². The van der Waals surface area contributed by atoms with Gasteiger partial charge in [0.1, 0.15) is 0 Å². The maximum absolute atomic E-state index is 13.7. The van der Waals surface area contributed by atoms with Crippen molar-refractivity contribution in [2.45, 2.75) is 31.8 Å². The summed E-state index contributed by atoms with van der Waals surface area (Å²) in [6.45, 7) is 2.07. The normalized spacial score (nSPS) is 15.6. The molecule has 0 aromatic heterocycles. The van der Waals surface area contributed by atoms with Crippen molar-refractivity contribution >= 4 is 23.6 Å². The molecule has 2 aromatic carbocycles. The molecule has 1 saturated heterocycles. The number of ether oxygens (including phenoxy) is 3. The number of rotatable bonds is 10. The van der Waals surface area contributed by atoms with Crippen molar-refractivity contribution < 1.29 is 28.9 Å². The average molecular weight is 491 g/mol. The van der Waals surface area contributed by atoms with Crippen LogP contribution < -0.4 is 9.47 Å². The van der Waals surface area contributed by atoms with E-state index in [2.05, 4.69) is 0 Å². The number of methoxy groups -OCH3 is 2. The van der Waals surface area contributed by atoms with E-state index in [0.29, 0.717) is 61.2 Å². The van der Waals surface area contributed by atoms with E-state index in [1.165, 1.54) is 4.90 Å². The van der Waals surface area contributed by atoms with E-state index >= 15 is 0 Å². The number of piperidine rings is 1. The highest BCUT2D eigenvalue weighted by atomic mass is 35.5. The second-order valence-corrected chi connectivity index (χ2v) is 8.58. The molecule has 3 rings (SSSR count). The summed E-state index contributed by atoms with van der Waals surface area (Å²) in [6, 6.07) is 12.2. The van der Waals surface area contributed by atoms with Gasteiger partial charge in [-0.05, 0) is 48.7 Å². The summed E-state index contributed by atoms with van der Waals surface area (Å²) in [4.78, 5) is 28.4. The van der Waals surface area contributed by atoms with Crippen LogP contribution in [-0.2, 0) is 11.3 Å². The molecule has 184 valence electrons. The van der Waals surface area contributed by atoms with Gasteiger partial charge in [-0.1, -0.05) is 23.7 Å². The van der Waals surface area contributed by atoms with Crippen molar-refractivity contribution in [2.24, 2.45) is 0 Å². The van der Waals surface area contributed by atoms with Gasteiger partial charge in [-0.3, -0.25) is 4.79 Å². The molecule has 1 aliphatic heterocycles. The van der Waals surface area contributed by atoms with Crippen LogP contribution >= 0.6 is 11.6 Å². The fourth-order valence-electron chi connectivity index (χ4n) is 4.01. The van der Waals surface area contributed by atoms with Crippen LogP contribution in [0.4, 0.5) is 4.79 Å². The number of amides is 2. The third-order valence-corrected chi connectivity index (χ3v) is 6.05. The third-order valence-electron chi connectivity index (χ3n) is 5.80. The predicted octanol–water partition coefficient (Wildman–Crippen LogP) is 4.55. The van der Waals surface area contributed by atoms with Crippen LogP contribution in [0.25, 0.3) is 0 Å². The van der Waals surface area contributed by atoms with Gasteiger partial charge < -0.3 is 29.1 Å². The molecule has 8 nitrogen and oxygen atoms in total. The highest BCUT2D eigenvalue weighted by Gasteiger charge is 2.31. The fourth-order valence-corrected chi connectivity index (χ4v) is 4.14. The smallest absolute Gasteiger partial charge is 0.407 e. The maximum Gasteiger partial charge on any atom is 0.407 e. The lowest BCUT2D eigenvalue weighted by molar-refractivity contribution is 0.0513. The minimum Gasteiger partial charge on any atom is -0.493 e. The minimum atomic E-state index is -0.972. The summed E-state index contributed by atoms with van der Waals surface area (Å²) in [5.41, 5.74) is 1.36. The molecule has 1 fully saturated rings. The molecule has 0 unspecified atom stereocenters. The lowest BCUT2D eigenvalue weighted by Gasteiger charge is -2.38. The number of carbonyl (C=O) groups excluding carboxylic acids is 1. The van der Waals surface area contributed by atoms with Gasteiger partial charge in [0.2, 0.25) is 0 Å². The zero-order valence-corrected chi connectivity index (χ0v) is 20.3. The average Bonchev–Trinajstić information content (AvgIpc) is 2.85. The molecule has 0 saturated carbocycles. The molecule has 34 heavy (non-hydrogen) atoms. The minimum absolute atomic E-state index is 0.198. The topological polar surface area (TPSA) is 88.5 Å². The van der Waals surface area contributed by atoms with Crippen LogP contribution in [0.5, 0.6) is 11.5 Å². The number of hydrogen-bond acceptors (Lipinski definition) is 5. The number of nitrogens with zero attached hydrogens (tertiary/aromatic N) is 2. The lowest BCUT2D eigenvalue weighted by Crippen LogP contribution is -2.51. The first-order valence-corrected chi connectivity index (χ1v) is 11.6. The first-order chi connectivity index (χ1) is 16.4. The first-order valence-electron chi connectivity index (χ1n) is 11.3. The molecule has 0 bridgehead atoms. The van der Waals surface area contributed by atoms with E-state index in [1.807, 2.05) is 12.1 Å². The van der Waals surface area contributed by atoms with Gasteiger partial charge in [-0.2, -0.15) is 0 Å². The van der Waals surface area contributed by atoms with Gasteiger partial charge in [-0.15, -0.1) is 0 Å². The molecule has 0 aliphatic carbocycles. The Kier molecular flexibility index (Phi) is 9.42. The van der Waals surface area contributed by atoms with Crippen LogP contribution in [0.1, 0.15) is 35.2 Å². The summed E-state index contributed by atoms with van der Waals surface area (Å²) < 4.78 is 16.3. The lowest BCUT2D eigenvalue weighted by atomic mass is 10.0. The molecule has 1 N–H and O–H groups in total. The van der Waals surface area contributed by atoms with E-state index < -0.39 is 6.09 Å². The number of likely N-dealkylation sites (tertiary alicyclic amines) is 1. The summed E-state index contributed by atoms with van der Waals surface area (Å²) in [6.07, 6.45) is 1.14. The maximum atomic E-state index is 13.7. The van der Waals surface area contributed by atoms with E-state index in [4.69, 9.17) is 25.8 Å². The number of carbonyl (C=O) groups is 2. The third kappa shape index (κ3) is 6.77. The Balaban J connectivity index is 1.87. The Labute approximate surface area is 205 Å². The Morgan fingerprint density at radius 3 is 2.56 bits per heavy atom. The summed E-state index contributed by atoms with van der Waals surface area (Å²) in [5.74, 6) is 0.816. The summed E-state index contributed by atoms with van der Waals surface area (Å²) in [5, 5.41) is 10.1. The van der Waals surface area contributed by atoms with Gasteiger partial charge in [-0.25, -0.2) is 4.79 Å².